The third-order valence-electron chi connectivity index (χ3n) is 22.7. The molecule has 11 aromatic rings. The number of imide groups is 1. The first-order valence-electron chi connectivity index (χ1n) is 41.6. The van der Waals surface area contributed by atoms with E-state index < -0.39 is 11.9 Å². The lowest BCUT2D eigenvalue weighted by molar-refractivity contribution is -0.385. The lowest BCUT2D eigenvalue weighted by Gasteiger charge is -2.35. The second-order valence-electron chi connectivity index (χ2n) is 30.7. The maximum Gasteiger partial charge on any atom is 0.433 e. The maximum atomic E-state index is 13.3. The molecular formula is C104H108F3N7O5. The van der Waals surface area contributed by atoms with Crippen molar-refractivity contribution in [3.8, 4) is 6.07 Å². The number of nitro groups is 1. The summed E-state index contributed by atoms with van der Waals surface area (Å²) in [5.74, 6) is 2.90. The molecule has 1 aliphatic carbocycles. The summed E-state index contributed by atoms with van der Waals surface area (Å²) >= 11 is 0. The van der Waals surface area contributed by atoms with Crippen LogP contribution in [-0.2, 0) is 43.8 Å². The predicted molar refractivity (Wildman–Crippen MR) is 479 cm³/mol. The minimum atomic E-state index is -4.46. The number of fused-ring (bicyclic) bond motifs is 1. The van der Waals surface area contributed by atoms with Gasteiger partial charge in [-0.3, -0.25) is 49.3 Å². The number of carbonyl (C=O) groups is 3. The van der Waals surface area contributed by atoms with E-state index in [4.69, 9.17) is 4.99 Å². The fourth-order valence-corrected chi connectivity index (χ4v) is 14.2. The molecule has 2 aliphatic heterocycles. The standard InChI is InChI=1S/C25H26N2O.C23H21NO2.C19H20F3N.C19H20N2.C18H21NO2/c1-3-18(2)20-15-13-19(14-16-20)17-27-24(21-9-5-4-6-10-21)26-23-12-8-7-11-22(23)25(27)28;1-3-15(2)17-12-10-16(11-13-17)14-24-22(25)19-8-4-6-18-7-5-9-20(21(18)19)23(24)26;1-3-14(2)16-11-9-15(10-12-16)13-23-18(19(20,21)22)17-7-5-4-6-8-17;1-3-15(2)17-11-9-16(10-12-17)14-21-19(13-20)18-7-5-4-6-8-18;1-3-14(2)16-11-8-15(9-12-16)10-13-17-6-4-5-7-18(17)19(20)21/h4-16,18,22-23H,3,17H2,1-2H3;4-13,15H,3,14H2,1-2H3;4-12,14H,3,13H2,1-2H3;4-12,15H,3,14H2,1-2H3;4-9,11-12,14H,3,10,13H2,1-2H3. The molecule has 0 spiro atoms. The fraction of sp³-hybridized carbons (Fsp3) is 0.279. The minimum Gasteiger partial charge on any atom is -0.292 e. The van der Waals surface area contributed by atoms with E-state index in [9.17, 15) is 42.9 Å². The van der Waals surface area contributed by atoms with Crippen LogP contribution in [0.25, 0.3) is 10.8 Å². The van der Waals surface area contributed by atoms with Crippen LogP contribution in [0.3, 0.4) is 0 Å². The molecular weight excluding hydrogens is 1480 g/mol. The van der Waals surface area contributed by atoms with E-state index in [1.165, 1.54) is 50.4 Å². The number of rotatable bonds is 25. The van der Waals surface area contributed by atoms with Crippen LogP contribution in [0.1, 0.15) is 230 Å². The lowest BCUT2D eigenvalue weighted by atomic mass is 9.91. The molecule has 0 saturated heterocycles. The molecule has 2 heterocycles. The summed E-state index contributed by atoms with van der Waals surface area (Å²) < 4.78 is 39.6. The molecule has 7 atom stereocenters. The molecule has 0 N–H and O–H groups in total. The number of nitrogens with zero attached hydrogens (tertiary/aromatic N) is 7. The molecule has 0 bridgehead atoms. The molecule has 119 heavy (non-hydrogen) atoms. The Kier molecular flexibility index (Phi) is 32.5. The van der Waals surface area contributed by atoms with Crippen molar-refractivity contribution in [1.82, 2.24) is 9.80 Å². The number of para-hydroxylation sites is 1. The van der Waals surface area contributed by atoms with Gasteiger partial charge in [0.25, 0.3) is 17.5 Å². The molecule has 0 radical (unpaired) electrons. The number of amidine groups is 1. The van der Waals surface area contributed by atoms with Crippen molar-refractivity contribution in [2.45, 2.75) is 182 Å². The number of halogens is 3. The number of nitriles is 1. The first-order chi connectivity index (χ1) is 57.5. The number of amides is 3. The van der Waals surface area contributed by atoms with E-state index in [-0.39, 0.29) is 52.4 Å². The average Bonchev–Trinajstić information content (AvgIpc) is 0.747. The first-order valence-corrected chi connectivity index (χ1v) is 41.6. The summed E-state index contributed by atoms with van der Waals surface area (Å²) in [5, 5.41) is 21.9. The molecule has 0 aromatic heterocycles. The molecule has 15 heteroatoms. The van der Waals surface area contributed by atoms with Crippen molar-refractivity contribution >= 4 is 51.4 Å². The van der Waals surface area contributed by atoms with Crippen molar-refractivity contribution in [1.29, 1.82) is 5.26 Å². The minimum absolute atomic E-state index is 0.0184. The number of carbonyl (C=O) groups excluding carboxylic acids is 3. The van der Waals surface area contributed by atoms with Gasteiger partial charge in [-0.25, -0.2) is 0 Å². The van der Waals surface area contributed by atoms with Crippen LogP contribution in [0.5, 0.6) is 0 Å². The van der Waals surface area contributed by atoms with Crippen molar-refractivity contribution in [2.24, 2.45) is 20.9 Å². The van der Waals surface area contributed by atoms with Gasteiger partial charge >= 0.3 is 6.18 Å². The Morgan fingerprint density at radius 3 is 1.29 bits per heavy atom. The Hall–Kier alpha value is -12.5. The number of hydrogen-bond donors (Lipinski definition) is 0. The Bertz CT molecular complexity index is 5320. The van der Waals surface area contributed by atoms with Crippen LogP contribution >= 0.6 is 0 Å². The van der Waals surface area contributed by atoms with Gasteiger partial charge in [0.2, 0.25) is 5.91 Å². The number of alkyl halides is 3. The smallest absolute Gasteiger partial charge is 0.292 e. The van der Waals surface area contributed by atoms with Crippen LogP contribution in [0.4, 0.5) is 18.9 Å². The van der Waals surface area contributed by atoms with Crippen LogP contribution in [0, 0.1) is 27.4 Å². The third kappa shape index (κ3) is 24.1. The third-order valence-corrected chi connectivity index (χ3v) is 22.7. The number of nitro benzene ring substituents is 1. The largest absolute Gasteiger partial charge is 0.433 e. The summed E-state index contributed by atoms with van der Waals surface area (Å²) in [4.78, 5) is 66.3. The van der Waals surface area contributed by atoms with E-state index >= 15 is 0 Å². The van der Waals surface area contributed by atoms with Gasteiger partial charge in [-0.2, -0.15) is 18.4 Å². The molecule has 610 valence electrons. The number of benzene rings is 11. The SMILES string of the molecule is CCC(C)c1ccc(CCc2ccccc2[N+](=O)[O-])cc1.CCC(C)c1ccc(CN2C(=O)C3C=CC=CC3N=C2c2ccccc2)cc1.CCC(C)c1ccc(CN2C(=O)c3cccc4cccc(c34)C2=O)cc1.CCC(C)c1ccc(CN=C(C#N)c2ccccc2)cc1.CCC(C)c1ccc(CN=C(c2ccccc2)C(F)(F)F)cc1. The number of hydrogen-bond acceptors (Lipinski definition) is 9. The number of aliphatic imine (C=N–C) groups is 3. The van der Waals surface area contributed by atoms with Gasteiger partial charge in [0.05, 0.1) is 43.1 Å². The number of aryl methyl sites for hydroxylation is 2. The average molecular weight is 1590 g/mol. The molecule has 3 aliphatic rings. The van der Waals surface area contributed by atoms with Gasteiger partial charge in [0.1, 0.15) is 23.3 Å². The highest BCUT2D eigenvalue weighted by Gasteiger charge is 2.39. The molecule has 12 nitrogen and oxygen atoms in total. The quantitative estimate of drug-likeness (QED) is 0.0239. The number of allylic oxidation sites excluding steroid dienone is 2. The van der Waals surface area contributed by atoms with E-state index in [2.05, 4.69) is 170 Å². The molecule has 11 aromatic carbocycles. The van der Waals surface area contributed by atoms with Crippen LogP contribution < -0.4 is 0 Å². The Morgan fingerprint density at radius 1 is 0.462 bits per heavy atom. The van der Waals surface area contributed by atoms with Gasteiger partial charge < -0.3 is 0 Å². The second-order valence-corrected chi connectivity index (χ2v) is 30.7. The zero-order valence-corrected chi connectivity index (χ0v) is 69.9. The summed E-state index contributed by atoms with van der Waals surface area (Å²) in [6.07, 6.45) is 10.5. The van der Waals surface area contributed by atoms with Crippen molar-refractivity contribution in [3.05, 3.63) is 396 Å². The molecule has 14 rings (SSSR count). The highest BCUT2D eigenvalue weighted by molar-refractivity contribution is 6.25. The van der Waals surface area contributed by atoms with Crippen LogP contribution in [0.15, 0.2) is 312 Å². The zero-order chi connectivity index (χ0) is 85.0. The molecule has 0 saturated carbocycles. The Morgan fingerprint density at radius 2 is 0.857 bits per heavy atom. The van der Waals surface area contributed by atoms with E-state index in [0.717, 1.165) is 94.1 Å². The van der Waals surface area contributed by atoms with Gasteiger partial charge in [0.15, 0.2) is 0 Å². The topological polar surface area (TPSA) is 162 Å². The van der Waals surface area contributed by atoms with Gasteiger partial charge in [-0.1, -0.05) is 348 Å². The fourth-order valence-electron chi connectivity index (χ4n) is 14.2. The molecule has 7 unspecified atom stereocenters. The summed E-state index contributed by atoms with van der Waals surface area (Å²) in [7, 11) is 0. The lowest BCUT2D eigenvalue weighted by Crippen LogP contribution is -2.48. The van der Waals surface area contributed by atoms with Crippen LogP contribution in [-0.4, -0.2) is 61.9 Å². The maximum absolute atomic E-state index is 13.3. The highest BCUT2D eigenvalue weighted by atomic mass is 19.4. The first kappa shape index (κ1) is 88.8. The summed E-state index contributed by atoms with van der Waals surface area (Å²) in [5.41, 5.74) is 15.6. The summed E-state index contributed by atoms with van der Waals surface area (Å²) in [6.45, 7) is 23.3. The second kappa shape index (κ2) is 43.6. The van der Waals surface area contributed by atoms with Crippen molar-refractivity contribution < 1.29 is 32.5 Å². The molecule has 0 fully saturated rings. The van der Waals surface area contributed by atoms with Crippen molar-refractivity contribution in [2.75, 3.05) is 0 Å². The monoisotopic (exact) mass is 1590 g/mol. The zero-order valence-electron chi connectivity index (χ0n) is 69.9. The predicted octanol–water partition coefficient (Wildman–Crippen LogP) is 25.6. The normalized spacial score (nSPS) is 15.5. The van der Waals surface area contributed by atoms with Crippen LogP contribution in [0.2, 0.25) is 0 Å². The van der Waals surface area contributed by atoms with Gasteiger partial charge in [-0.05, 0) is 148 Å². The Labute approximate surface area is 700 Å². The van der Waals surface area contributed by atoms with Crippen molar-refractivity contribution in [3.63, 3.8) is 0 Å². The Balaban J connectivity index is 0.000000157. The summed E-state index contributed by atoms with van der Waals surface area (Å²) in [6, 6.07) is 89.2. The highest BCUT2D eigenvalue weighted by Crippen LogP contribution is 2.34. The van der Waals surface area contributed by atoms with E-state index in [1.807, 2.05) is 163 Å². The molecule has 3 amide bonds. The van der Waals surface area contributed by atoms with Gasteiger partial charge in [-0.15, -0.1) is 0 Å². The van der Waals surface area contributed by atoms with Gasteiger partial charge in [0, 0.05) is 44.8 Å². The van der Waals surface area contributed by atoms with E-state index in [0.29, 0.717) is 72.5 Å². The van der Waals surface area contributed by atoms with E-state index in [1.54, 1.807) is 42.5 Å².